The quantitative estimate of drug-likeness (QED) is 0.215. The molecule has 0 bridgehead atoms. The zero-order valence-electron chi connectivity index (χ0n) is 37.0. The molecule has 21 atom stereocenters. The molecule has 1 aromatic rings. The Hall–Kier alpha value is -2.44. The van der Waals surface area contributed by atoms with E-state index < -0.39 is 66.9 Å². The standard InChI is InChI=1S/C47H68O15/c1-23-13-16-47(57-20-23)24(2)37-35(62-47)18-32-30-12-9-27-17-28(49)14-15-45(27,4)31(30)19-36(46(32,37)5)59-44-41(58-25(3)48)39(34(51)22-56-44)61-43-40(38(52)33(50)21-55-43)60-42(53)26-7-10-29(54-6)11-8-26/h7-8,10-11,23-24,27-28,30-41,43-44,49-52H,9,12-22H2,1-6H3/t23-,24+,27?,28+,30-,31+,32+,33-,34+,35+,36-,37+,38+,39+,40-,41-,43+,44+,45+,46-,47?/m1/s1. The topological polar surface area (TPSA) is 198 Å². The molecule has 0 radical (unpaired) electrons. The molecule has 346 valence electrons. The number of fused-ring (bicyclic) bond motifs is 7. The van der Waals surface area contributed by atoms with Gasteiger partial charge in [0.15, 0.2) is 30.6 Å². The van der Waals surface area contributed by atoms with Crippen LogP contribution in [0.1, 0.15) is 103 Å². The van der Waals surface area contributed by atoms with Gasteiger partial charge in [-0.3, -0.25) is 4.79 Å². The van der Waals surface area contributed by atoms with Crippen LogP contribution in [-0.4, -0.2) is 133 Å². The normalized spacial score (nSPS) is 49.8. The number of aliphatic hydroxyl groups is 4. The highest BCUT2D eigenvalue weighted by molar-refractivity contribution is 5.89. The van der Waals surface area contributed by atoms with Crippen LogP contribution in [-0.2, 0) is 42.7 Å². The fourth-order valence-corrected chi connectivity index (χ4v) is 14.0. The number of rotatable bonds is 8. The van der Waals surface area contributed by atoms with Gasteiger partial charge in [-0.15, -0.1) is 0 Å². The number of ether oxygens (including phenoxy) is 9. The van der Waals surface area contributed by atoms with E-state index in [1.165, 1.54) is 26.2 Å². The van der Waals surface area contributed by atoms with E-state index in [9.17, 15) is 30.0 Å². The monoisotopic (exact) mass is 872 g/mol. The third-order valence-electron chi connectivity index (χ3n) is 17.3. The van der Waals surface area contributed by atoms with Gasteiger partial charge < -0.3 is 63.1 Å². The Morgan fingerprint density at radius 2 is 1.50 bits per heavy atom. The first-order valence-corrected chi connectivity index (χ1v) is 23.2. The van der Waals surface area contributed by atoms with E-state index >= 15 is 0 Å². The summed E-state index contributed by atoms with van der Waals surface area (Å²) in [5.41, 5.74) is -0.223. The molecule has 8 aliphatic rings. The van der Waals surface area contributed by atoms with Crippen LogP contribution in [0.5, 0.6) is 5.75 Å². The molecule has 4 N–H and O–H groups in total. The molecule has 4 aliphatic carbocycles. The van der Waals surface area contributed by atoms with Crippen molar-refractivity contribution in [2.45, 2.75) is 166 Å². The Morgan fingerprint density at radius 1 is 0.774 bits per heavy atom. The van der Waals surface area contributed by atoms with E-state index in [0.717, 1.165) is 57.8 Å². The second kappa shape index (κ2) is 17.1. The van der Waals surface area contributed by atoms with Crippen LogP contribution in [0.3, 0.4) is 0 Å². The molecule has 0 amide bonds. The highest BCUT2D eigenvalue weighted by atomic mass is 16.8. The van der Waals surface area contributed by atoms with Crippen molar-refractivity contribution < 1.29 is 72.6 Å². The Labute approximate surface area is 364 Å². The minimum absolute atomic E-state index is 0.00559. The van der Waals surface area contributed by atoms with Crippen LogP contribution < -0.4 is 4.74 Å². The van der Waals surface area contributed by atoms with Crippen molar-refractivity contribution in [3.05, 3.63) is 29.8 Å². The number of methoxy groups -OCH3 is 1. The van der Waals surface area contributed by atoms with E-state index in [1.54, 1.807) is 12.1 Å². The van der Waals surface area contributed by atoms with Gasteiger partial charge in [0.1, 0.15) is 30.2 Å². The van der Waals surface area contributed by atoms with Crippen LogP contribution in [0.25, 0.3) is 0 Å². The number of benzene rings is 1. The first kappa shape index (κ1) is 44.7. The summed E-state index contributed by atoms with van der Waals surface area (Å²) >= 11 is 0. The zero-order valence-corrected chi connectivity index (χ0v) is 37.0. The molecular weight excluding hydrogens is 805 g/mol. The predicted molar refractivity (Wildman–Crippen MR) is 218 cm³/mol. The average Bonchev–Trinajstić information content (AvgIpc) is 3.70. The van der Waals surface area contributed by atoms with Crippen molar-refractivity contribution in [1.82, 2.24) is 0 Å². The van der Waals surface area contributed by atoms with E-state index in [1.807, 2.05) is 0 Å². The molecule has 1 aromatic carbocycles. The number of aliphatic hydroxyl groups excluding tert-OH is 4. The summed E-state index contributed by atoms with van der Waals surface area (Å²) in [5.74, 6) is 0.497. The number of hydrogen-bond acceptors (Lipinski definition) is 15. The van der Waals surface area contributed by atoms with E-state index in [0.29, 0.717) is 36.0 Å². The summed E-state index contributed by atoms with van der Waals surface area (Å²) in [4.78, 5) is 26.3. The molecule has 2 unspecified atom stereocenters. The van der Waals surface area contributed by atoms with Crippen molar-refractivity contribution in [2.75, 3.05) is 26.9 Å². The summed E-state index contributed by atoms with van der Waals surface area (Å²) in [6.07, 6.45) is -3.64. The van der Waals surface area contributed by atoms with Gasteiger partial charge in [0.2, 0.25) is 0 Å². The maximum atomic E-state index is 13.4. The lowest BCUT2D eigenvalue weighted by Crippen LogP contribution is -2.64. The fourth-order valence-electron chi connectivity index (χ4n) is 14.0. The molecule has 1 spiro atoms. The molecule has 9 rings (SSSR count). The minimum Gasteiger partial charge on any atom is -0.497 e. The molecule has 4 saturated heterocycles. The summed E-state index contributed by atoms with van der Waals surface area (Å²) in [6, 6.07) is 6.18. The first-order chi connectivity index (χ1) is 29.6. The smallest absolute Gasteiger partial charge is 0.338 e. The van der Waals surface area contributed by atoms with Crippen LogP contribution in [0.4, 0.5) is 0 Å². The second-order valence-corrected chi connectivity index (χ2v) is 20.6. The fraction of sp³-hybridized carbons (Fsp3) is 0.830. The van der Waals surface area contributed by atoms with Crippen LogP contribution in [0, 0.1) is 52.3 Å². The van der Waals surface area contributed by atoms with Gasteiger partial charge >= 0.3 is 11.9 Å². The van der Waals surface area contributed by atoms with Gasteiger partial charge in [-0.05, 0) is 111 Å². The minimum atomic E-state index is -1.61. The summed E-state index contributed by atoms with van der Waals surface area (Å²) in [7, 11) is 1.50. The summed E-state index contributed by atoms with van der Waals surface area (Å²) in [6.45, 7) is 10.6. The number of carbonyl (C=O) groups excluding carboxylic acids is 2. The largest absolute Gasteiger partial charge is 0.497 e. The van der Waals surface area contributed by atoms with Crippen molar-refractivity contribution in [2.24, 2.45) is 52.3 Å². The molecule has 4 saturated carbocycles. The number of esters is 2. The maximum absolute atomic E-state index is 13.4. The van der Waals surface area contributed by atoms with E-state index in [2.05, 4.69) is 27.7 Å². The highest BCUT2D eigenvalue weighted by Gasteiger charge is 2.72. The first-order valence-electron chi connectivity index (χ1n) is 23.2. The van der Waals surface area contributed by atoms with Gasteiger partial charge in [0, 0.05) is 30.6 Å². The van der Waals surface area contributed by atoms with Gasteiger partial charge in [0.05, 0.1) is 50.8 Å². The Bertz CT molecular complexity index is 1770. The molecule has 8 fully saturated rings. The molecule has 4 aliphatic heterocycles. The van der Waals surface area contributed by atoms with Crippen LogP contribution >= 0.6 is 0 Å². The highest BCUT2D eigenvalue weighted by Crippen LogP contribution is 2.72. The number of carbonyl (C=O) groups is 2. The molecule has 15 nitrogen and oxygen atoms in total. The van der Waals surface area contributed by atoms with Gasteiger partial charge in [-0.25, -0.2) is 4.79 Å². The van der Waals surface area contributed by atoms with Crippen molar-refractivity contribution in [3.63, 3.8) is 0 Å². The molecule has 4 heterocycles. The van der Waals surface area contributed by atoms with Crippen molar-refractivity contribution >= 4 is 11.9 Å². The van der Waals surface area contributed by atoms with Crippen molar-refractivity contribution in [1.29, 1.82) is 0 Å². The molecule has 62 heavy (non-hydrogen) atoms. The van der Waals surface area contributed by atoms with Gasteiger partial charge in [-0.2, -0.15) is 0 Å². The zero-order chi connectivity index (χ0) is 43.9. The molecular formula is C47H68O15. The predicted octanol–water partition coefficient (Wildman–Crippen LogP) is 4.14. The Morgan fingerprint density at radius 3 is 2.19 bits per heavy atom. The van der Waals surface area contributed by atoms with Crippen LogP contribution in [0.15, 0.2) is 24.3 Å². The average molecular weight is 873 g/mol. The maximum Gasteiger partial charge on any atom is 0.338 e. The Kier molecular flexibility index (Phi) is 12.3. The van der Waals surface area contributed by atoms with Crippen molar-refractivity contribution in [3.8, 4) is 5.75 Å². The van der Waals surface area contributed by atoms with E-state index in [4.69, 9.17) is 42.6 Å². The van der Waals surface area contributed by atoms with E-state index in [-0.39, 0.29) is 65.7 Å². The van der Waals surface area contributed by atoms with Gasteiger partial charge in [0.25, 0.3) is 0 Å². The lowest BCUT2D eigenvalue weighted by molar-refractivity contribution is -0.348. The summed E-state index contributed by atoms with van der Waals surface area (Å²) < 4.78 is 56.6. The van der Waals surface area contributed by atoms with Gasteiger partial charge in [-0.1, -0.05) is 27.7 Å². The second-order valence-electron chi connectivity index (χ2n) is 20.6. The lowest BCUT2D eigenvalue weighted by Gasteiger charge is -2.63. The SMILES string of the molecule is COc1ccc(C(=O)O[C@H]2[C@H](O[C@@H]3[C@@H](OC(C)=O)[C@H](O[C@@H]4C[C@H]5[C@@H](CCC6C[C@@H](O)CC[C@@]65C)[C@@H]5C[C@@H]6OC7(CC[C@@H](C)CO7)[C@@H](C)[C@@H]6[C@@]45C)OC[C@@H]3O)OC[C@@H](O)[C@@H]2O)cc1. The summed E-state index contributed by atoms with van der Waals surface area (Å²) in [5, 5.41) is 44.1. The third-order valence-corrected chi connectivity index (χ3v) is 17.3. The number of hydrogen-bond donors (Lipinski definition) is 4. The van der Waals surface area contributed by atoms with Crippen LogP contribution in [0.2, 0.25) is 0 Å². The Balaban J connectivity index is 1.02. The molecule has 15 heteroatoms. The third kappa shape index (κ3) is 7.61. The lowest BCUT2D eigenvalue weighted by atomic mass is 9.43. The molecule has 0 aromatic heterocycles.